The van der Waals surface area contributed by atoms with E-state index in [2.05, 4.69) is 67.8 Å². The number of hydrogen-bond acceptors (Lipinski definition) is 5. The molecule has 0 aromatic carbocycles. The molecule has 0 saturated heterocycles. The van der Waals surface area contributed by atoms with Gasteiger partial charge in [-0.25, -0.2) is 0 Å². The number of ether oxygens (including phenoxy) is 1. The van der Waals surface area contributed by atoms with Crippen LogP contribution in [0.2, 0.25) is 0 Å². The molecule has 0 aliphatic carbocycles. The number of amides is 1. The average molecular weight is 1260 g/mol. The standard InChI is InChI=1S/C84H157NO5/c1-3-5-7-9-11-13-15-17-19-21-22-23-35-38-41-45-48-52-56-60-64-68-72-76-82(87)81(80-86)85-83(88)77-73-69-65-61-57-53-49-46-42-39-36-33-31-29-27-25-24-26-28-30-32-34-37-40-43-47-51-55-59-63-67-71-75-79-90-84(89)78-74-70-66-62-58-54-50-44-20-18-16-14-12-10-8-6-4-2/h12,14,18,20,28,30,34,37,72,76,81-82,86-87H,3-11,13,15-17,19,21-27,29,31-33,35-36,38-71,73-75,77-80H2,1-2H3,(H,85,88)/b14-12-,20-18-,30-28-,37-34-,76-72+. The van der Waals surface area contributed by atoms with Gasteiger partial charge in [0.1, 0.15) is 0 Å². The van der Waals surface area contributed by atoms with Crippen LogP contribution in [0.15, 0.2) is 60.8 Å². The third-order valence-corrected chi connectivity index (χ3v) is 18.8. The first-order chi connectivity index (χ1) is 44.5. The van der Waals surface area contributed by atoms with E-state index in [4.69, 9.17) is 4.74 Å². The third kappa shape index (κ3) is 74.6. The van der Waals surface area contributed by atoms with Gasteiger partial charge in [-0.15, -0.1) is 0 Å². The van der Waals surface area contributed by atoms with Crippen molar-refractivity contribution in [2.45, 2.75) is 450 Å². The summed E-state index contributed by atoms with van der Waals surface area (Å²) < 4.78 is 5.50. The Morgan fingerprint density at radius 3 is 0.867 bits per heavy atom. The maximum absolute atomic E-state index is 12.6. The van der Waals surface area contributed by atoms with Gasteiger partial charge in [-0.05, 0) is 96.3 Å². The largest absolute Gasteiger partial charge is 0.466 e. The molecule has 528 valence electrons. The molecule has 0 bridgehead atoms. The Balaban J connectivity index is 3.41. The highest BCUT2D eigenvalue weighted by Crippen LogP contribution is 2.19. The van der Waals surface area contributed by atoms with Crippen LogP contribution in [0.4, 0.5) is 0 Å². The van der Waals surface area contributed by atoms with E-state index >= 15 is 0 Å². The van der Waals surface area contributed by atoms with Crippen LogP contribution >= 0.6 is 0 Å². The minimum absolute atomic E-state index is 0.00644. The normalized spacial score (nSPS) is 12.8. The molecule has 90 heavy (non-hydrogen) atoms. The molecule has 0 aromatic rings. The fraction of sp³-hybridized carbons (Fsp3) is 0.857. The lowest BCUT2D eigenvalue weighted by Gasteiger charge is -2.20. The summed E-state index contributed by atoms with van der Waals surface area (Å²) in [5.41, 5.74) is 0. The van der Waals surface area contributed by atoms with E-state index in [1.165, 1.54) is 353 Å². The summed E-state index contributed by atoms with van der Waals surface area (Å²) in [6.07, 6.45) is 106. The molecule has 0 fully saturated rings. The molecule has 2 unspecified atom stereocenters. The number of carbonyl (C=O) groups excluding carboxylic acids is 2. The lowest BCUT2D eigenvalue weighted by Crippen LogP contribution is -2.45. The lowest BCUT2D eigenvalue weighted by molar-refractivity contribution is -0.143. The zero-order valence-electron chi connectivity index (χ0n) is 60.6. The maximum atomic E-state index is 12.6. The van der Waals surface area contributed by atoms with Crippen LogP contribution in [0, 0.1) is 0 Å². The van der Waals surface area contributed by atoms with Crippen LogP contribution in [0.25, 0.3) is 0 Å². The van der Waals surface area contributed by atoms with Crippen molar-refractivity contribution in [2.75, 3.05) is 13.2 Å². The molecule has 6 nitrogen and oxygen atoms in total. The van der Waals surface area contributed by atoms with Crippen LogP contribution in [0.3, 0.4) is 0 Å². The molecule has 6 heteroatoms. The Morgan fingerprint density at radius 2 is 0.556 bits per heavy atom. The van der Waals surface area contributed by atoms with Gasteiger partial charge in [0.25, 0.3) is 0 Å². The molecule has 1 amide bonds. The van der Waals surface area contributed by atoms with Crippen LogP contribution < -0.4 is 5.32 Å². The third-order valence-electron chi connectivity index (χ3n) is 18.8. The SMILES string of the molecule is CCCCC/C=C\C/C=C\CCCCCCCCCC(=O)OCCCCCCCCCCC/C=C\C/C=C\CCCCCCCCCCCCCCCCCCCC(=O)NC(CO)C(O)/C=C/CCCCCCCCCCCCCCCCCCCCCCC. The number of unbranched alkanes of at least 4 members (excludes halogenated alkanes) is 57. The molecule has 2 atom stereocenters. The van der Waals surface area contributed by atoms with E-state index in [-0.39, 0.29) is 18.5 Å². The Kier molecular flexibility index (Phi) is 76.9. The number of aliphatic hydroxyl groups excluding tert-OH is 2. The second-order valence-corrected chi connectivity index (χ2v) is 27.7. The Morgan fingerprint density at radius 1 is 0.311 bits per heavy atom. The lowest BCUT2D eigenvalue weighted by atomic mass is 10.0. The number of esters is 1. The zero-order chi connectivity index (χ0) is 64.9. The molecule has 0 radical (unpaired) electrons. The predicted octanol–water partition coefficient (Wildman–Crippen LogP) is 26.9. The van der Waals surface area contributed by atoms with Crippen molar-refractivity contribution in [1.82, 2.24) is 5.32 Å². The summed E-state index contributed by atoms with van der Waals surface area (Å²) in [6.45, 7) is 4.91. The Labute approximate surface area is 562 Å². The minimum Gasteiger partial charge on any atom is -0.466 e. The van der Waals surface area contributed by atoms with Gasteiger partial charge in [0.2, 0.25) is 5.91 Å². The van der Waals surface area contributed by atoms with Crippen molar-refractivity contribution < 1.29 is 24.5 Å². The van der Waals surface area contributed by atoms with Gasteiger partial charge in [-0.3, -0.25) is 9.59 Å². The van der Waals surface area contributed by atoms with E-state index < -0.39 is 12.1 Å². The summed E-state index contributed by atoms with van der Waals surface area (Å²) in [4.78, 5) is 24.7. The first-order valence-corrected chi connectivity index (χ1v) is 40.6. The predicted molar refractivity (Wildman–Crippen MR) is 398 cm³/mol. The summed E-state index contributed by atoms with van der Waals surface area (Å²) in [6, 6.07) is -0.629. The zero-order valence-corrected chi connectivity index (χ0v) is 60.6. The number of rotatable bonds is 76. The maximum Gasteiger partial charge on any atom is 0.305 e. The number of hydrogen-bond donors (Lipinski definition) is 3. The van der Waals surface area contributed by atoms with E-state index in [0.717, 1.165) is 57.8 Å². The van der Waals surface area contributed by atoms with Crippen molar-refractivity contribution >= 4 is 11.9 Å². The quantitative estimate of drug-likeness (QED) is 0.0320. The van der Waals surface area contributed by atoms with Crippen LogP contribution in [-0.4, -0.2) is 47.4 Å². The molecule has 0 spiro atoms. The van der Waals surface area contributed by atoms with Gasteiger partial charge in [-0.1, -0.05) is 389 Å². The Bertz CT molecular complexity index is 1550. The van der Waals surface area contributed by atoms with Gasteiger partial charge in [0, 0.05) is 12.8 Å². The van der Waals surface area contributed by atoms with Crippen molar-refractivity contribution in [2.24, 2.45) is 0 Å². The Hall–Kier alpha value is -2.44. The van der Waals surface area contributed by atoms with Crippen molar-refractivity contribution in [1.29, 1.82) is 0 Å². The highest BCUT2D eigenvalue weighted by molar-refractivity contribution is 5.76. The van der Waals surface area contributed by atoms with Gasteiger partial charge in [0.15, 0.2) is 0 Å². The van der Waals surface area contributed by atoms with E-state index in [1.54, 1.807) is 6.08 Å². The molecule has 0 rings (SSSR count). The van der Waals surface area contributed by atoms with Crippen molar-refractivity contribution in [3.8, 4) is 0 Å². The van der Waals surface area contributed by atoms with Gasteiger partial charge < -0.3 is 20.3 Å². The summed E-state index contributed by atoms with van der Waals surface area (Å²) >= 11 is 0. The molecular weight excluding hydrogens is 1100 g/mol. The fourth-order valence-electron chi connectivity index (χ4n) is 12.6. The van der Waals surface area contributed by atoms with E-state index in [9.17, 15) is 19.8 Å². The van der Waals surface area contributed by atoms with Crippen LogP contribution in [0.1, 0.15) is 438 Å². The van der Waals surface area contributed by atoms with Crippen molar-refractivity contribution in [3.05, 3.63) is 60.8 Å². The number of aliphatic hydroxyl groups is 2. The first-order valence-electron chi connectivity index (χ1n) is 40.6. The molecule has 0 heterocycles. The first kappa shape index (κ1) is 87.6. The highest BCUT2D eigenvalue weighted by Gasteiger charge is 2.18. The van der Waals surface area contributed by atoms with Crippen LogP contribution in [-0.2, 0) is 14.3 Å². The summed E-state index contributed by atoms with van der Waals surface area (Å²) in [7, 11) is 0. The number of nitrogens with one attached hydrogen (secondary N) is 1. The van der Waals surface area contributed by atoms with E-state index in [0.29, 0.717) is 19.4 Å². The molecule has 0 aromatic heterocycles. The van der Waals surface area contributed by atoms with Gasteiger partial charge in [-0.2, -0.15) is 0 Å². The number of allylic oxidation sites excluding steroid dienone is 9. The highest BCUT2D eigenvalue weighted by atomic mass is 16.5. The van der Waals surface area contributed by atoms with Gasteiger partial charge in [0.05, 0.1) is 25.4 Å². The summed E-state index contributed by atoms with van der Waals surface area (Å²) in [5, 5.41) is 23.3. The monoisotopic (exact) mass is 1260 g/mol. The van der Waals surface area contributed by atoms with E-state index in [1.807, 2.05) is 6.08 Å². The van der Waals surface area contributed by atoms with Crippen LogP contribution in [0.5, 0.6) is 0 Å². The molecule has 3 N–H and O–H groups in total. The topological polar surface area (TPSA) is 95.9 Å². The molecule has 0 aliphatic heterocycles. The second kappa shape index (κ2) is 79.0. The average Bonchev–Trinajstić information content (AvgIpc) is 3.68. The van der Waals surface area contributed by atoms with Crippen molar-refractivity contribution in [3.63, 3.8) is 0 Å². The smallest absolute Gasteiger partial charge is 0.305 e. The minimum atomic E-state index is -0.846. The second-order valence-electron chi connectivity index (χ2n) is 27.7. The fourth-order valence-corrected chi connectivity index (χ4v) is 12.6. The summed E-state index contributed by atoms with van der Waals surface area (Å²) in [5.74, 6) is -0.0555. The number of carbonyl (C=O) groups is 2. The molecular formula is C84H157NO5. The van der Waals surface area contributed by atoms with Gasteiger partial charge >= 0.3 is 5.97 Å². The molecule has 0 aliphatic rings. The molecule has 0 saturated carbocycles.